The molecule has 28 heavy (non-hydrogen) atoms. The lowest BCUT2D eigenvalue weighted by molar-refractivity contribution is -0.373. The van der Waals surface area contributed by atoms with E-state index in [4.69, 9.17) is 0 Å². The van der Waals surface area contributed by atoms with Crippen molar-refractivity contribution in [1.82, 2.24) is 0 Å². The number of halogens is 10. The normalized spacial score (nSPS) is 29.0. The summed E-state index contributed by atoms with van der Waals surface area (Å²) in [6.07, 6.45) is -11.6. The summed E-state index contributed by atoms with van der Waals surface area (Å²) in [6, 6.07) is 0. The summed E-state index contributed by atoms with van der Waals surface area (Å²) in [6.45, 7) is 3.33. The van der Waals surface area contributed by atoms with E-state index in [2.05, 4.69) is 0 Å². The molecule has 2 rings (SSSR count). The SMILES string of the molecule is CC1C2CC(CC(O)(C(F)(F)F)C(F)(F)F)C(C2)C1C.CCF.CF.FCF. The minimum absolute atomic E-state index is 0.115. The minimum atomic E-state index is -5.69. The van der Waals surface area contributed by atoms with Crippen LogP contribution in [0.2, 0.25) is 0 Å². The molecule has 0 spiro atoms. The zero-order chi connectivity index (χ0) is 22.9. The first kappa shape index (κ1) is 29.5. The molecule has 2 bridgehead atoms. The van der Waals surface area contributed by atoms with Crippen molar-refractivity contribution in [2.75, 3.05) is 20.8 Å². The molecule has 1 nitrogen and oxygen atoms in total. The van der Waals surface area contributed by atoms with E-state index in [0.717, 1.165) is 0 Å². The summed E-state index contributed by atoms with van der Waals surface area (Å²) in [5, 5.41) is 9.28. The van der Waals surface area contributed by atoms with Crippen LogP contribution in [-0.4, -0.2) is 43.8 Å². The molecule has 2 fully saturated rings. The standard InChI is InChI=1S/C13H18F6O.C2H5F.CH2F2.CH3F/c1-6-7(2)10-4-8(6)3-9(10)5-11(20,12(14,15)16)13(17,18)19;1-2-3;2-1-3;1-2/h6-10,20H,3-5H2,1-2H3;2H2,1H3;1H2;1H3. The molecule has 0 aliphatic heterocycles. The second-order valence-electron chi connectivity index (χ2n) is 6.80. The fourth-order valence-corrected chi connectivity index (χ4v) is 4.10. The van der Waals surface area contributed by atoms with Crippen LogP contribution in [0.4, 0.5) is 43.9 Å². The van der Waals surface area contributed by atoms with Gasteiger partial charge in [0.05, 0.1) is 13.9 Å². The molecule has 2 saturated carbocycles. The first-order valence-electron chi connectivity index (χ1n) is 8.63. The van der Waals surface area contributed by atoms with Crippen LogP contribution < -0.4 is 0 Å². The van der Waals surface area contributed by atoms with Crippen molar-refractivity contribution in [3.05, 3.63) is 0 Å². The minimum Gasteiger partial charge on any atom is -0.374 e. The van der Waals surface area contributed by atoms with Gasteiger partial charge in [0.25, 0.3) is 5.60 Å². The Morgan fingerprint density at radius 2 is 1.18 bits per heavy atom. The van der Waals surface area contributed by atoms with Gasteiger partial charge in [-0.2, -0.15) is 26.3 Å². The lowest BCUT2D eigenvalue weighted by atomic mass is 9.72. The largest absolute Gasteiger partial charge is 0.426 e. The van der Waals surface area contributed by atoms with Crippen LogP contribution in [0.15, 0.2) is 0 Å². The molecule has 2 aliphatic rings. The maximum absolute atomic E-state index is 12.7. The highest BCUT2D eigenvalue weighted by Crippen LogP contribution is 2.59. The fourth-order valence-electron chi connectivity index (χ4n) is 4.10. The molecule has 172 valence electrons. The van der Waals surface area contributed by atoms with E-state index < -0.39 is 37.2 Å². The Morgan fingerprint density at radius 3 is 1.43 bits per heavy atom. The smallest absolute Gasteiger partial charge is 0.374 e. The molecule has 11 heteroatoms. The quantitative estimate of drug-likeness (QED) is 0.482. The second kappa shape index (κ2) is 12.1. The van der Waals surface area contributed by atoms with Gasteiger partial charge in [-0.3, -0.25) is 8.78 Å². The Morgan fingerprint density at radius 1 is 0.821 bits per heavy atom. The lowest BCUT2D eigenvalue weighted by Crippen LogP contribution is -2.58. The van der Waals surface area contributed by atoms with E-state index >= 15 is 0 Å². The number of hydrogen-bond donors (Lipinski definition) is 1. The van der Waals surface area contributed by atoms with E-state index in [-0.39, 0.29) is 24.4 Å². The number of rotatable bonds is 2. The Bertz CT molecular complexity index is 392. The molecule has 0 saturated heterocycles. The molecule has 5 unspecified atom stereocenters. The van der Waals surface area contributed by atoms with Crippen LogP contribution in [0.3, 0.4) is 0 Å². The molecule has 0 heterocycles. The number of aliphatic hydroxyl groups is 1. The molecule has 0 aromatic rings. The van der Waals surface area contributed by atoms with E-state index in [1.54, 1.807) is 0 Å². The van der Waals surface area contributed by atoms with Crippen LogP contribution in [-0.2, 0) is 0 Å². The van der Waals surface area contributed by atoms with Crippen LogP contribution in [0.5, 0.6) is 0 Å². The molecule has 1 N–H and O–H groups in total. The predicted molar refractivity (Wildman–Crippen MR) is 85.5 cm³/mol. The molecular formula is C17H28F10O. The summed E-state index contributed by atoms with van der Waals surface area (Å²) in [5.41, 5.74) is -4.59. The van der Waals surface area contributed by atoms with Crippen molar-refractivity contribution >= 4 is 0 Å². The summed E-state index contributed by atoms with van der Waals surface area (Å²) in [7, 11) is 0.500. The lowest BCUT2D eigenvalue weighted by Gasteiger charge is -2.39. The van der Waals surface area contributed by atoms with Gasteiger partial charge >= 0.3 is 12.4 Å². The average molecular weight is 438 g/mol. The highest BCUT2D eigenvalue weighted by molar-refractivity contribution is 5.03. The first-order valence-corrected chi connectivity index (χ1v) is 8.63. The van der Waals surface area contributed by atoms with Gasteiger partial charge in [0, 0.05) is 0 Å². The van der Waals surface area contributed by atoms with Crippen molar-refractivity contribution in [1.29, 1.82) is 0 Å². The van der Waals surface area contributed by atoms with Gasteiger partial charge in [0.15, 0.2) is 0 Å². The van der Waals surface area contributed by atoms with Crippen molar-refractivity contribution in [2.45, 2.75) is 58.0 Å². The zero-order valence-electron chi connectivity index (χ0n) is 16.1. The van der Waals surface area contributed by atoms with Crippen LogP contribution in [0.25, 0.3) is 0 Å². The van der Waals surface area contributed by atoms with E-state index in [9.17, 15) is 49.0 Å². The number of fused-ring (bicyclic) bond motifs is 2. The Balaban J connectivity index is 0. The van der Waals surface area contributed by atoms with Crippen molar-refractivity contribution in [3.63, 3.8) is 0 Å². The number of hydrogen-bond acceptors (Lipinski definition) is 1. The van der Waals surface area contributed by atoms with Gasteiger partial charge in [0.2, 0.25) is 6.93 Å². The van der Waals surface area contributed by atoms with Crippen molar-refractivity contribution < 1.29 is 49.0 Å². The molecule has 0 amide bonds. The van der Waals surface area contributed by atoms with Gasteiger partial charge in [-0.25, -0.2) is 8.78 Å². The van der Waals surface area contributed by atoms with Gasteiger partial charge in [0.1, 0.15) is 0 Å². The molecule has 2 aliphatic carbocycles. The summed E-state index contributed by atoms with van der Waals surface area (Å²) >= 11 is 0. The maximum atomic E-state index is 12.7. The van der Waals surface area contributed by atoms with Gasteiger partial charge in [-0.15, -0.1) is 0 Å². The first-order chi connectivity index (χ1) is 12.7. The van der Waals surface area contributed by atoms with Gasteiger partial charge < -0.3 is 5.11 Å². The topological polar surface area (TPSA) is 20.2 Å². The average Bonchev–Trinajstić information content (AvgIpc) is 3.08. The summed E-state index contributed by atoms with van der Waals surface area (Å²) in [5.74, 6) is -0.220. The predicted octanol–water partition coefficient (Wildman–Crippen LogP) is 6.60. The van der Waals surface area contributed by atoms with Crippen LogP contribution in [0, 0.1) is 29.6 Å². The molecule has 0 radical (unpaired) electrons. The van der Waals surface area contributed by atoms with Gasteiger partial charge in [-0.05, 0) is 55.8 Å². The van der Waals surface area contributed by atoms with Crippen molar-refractivity contribution in [2.24, 2.45) is 29.6 Å². The Labute approximate surface area is 158 Å². The van der Waals surface area contributed by atoms with Crippen molar-refractivity contribution in [3.8, 4) is 0 Å². The number of alkyl halides is 10. The van der Waals surface area contributed by atoms with E-state index in [1.807, 2.05) is 13.8 Å². The second-order valence-corrected chi connectivity index (χ2v) is 6.80. The third-order valence-electron chi connectivity index (χ3n) is 5.53. The molecule has 5 atom stereocenters. The summed E-state index contributed by atoms with van der Waals surface area (Å²) < 4.78 is 115. The third-order valence-corrected chi connectivity index (χ3v) is 5.53. The Kier molecular flexibility index (Phi) is 12.7. The van der Waals surface area contributed by atoms with Gasteiger partial charge in [-0.1, -0.05) is 13.8 Å². The van der Waals surface area contributed by atoms with E-state index in [0.29, 0.717) is 25.9 Å². The summed E-state index contributed by atoms with van der Waals surface area (Å²) in [4.78, 5) is 0. The van der Waals surface area contributed by atoms with Crippen LogP contribution >= 0.6 is 0 Å². The highest BCUT2D eigenvalue weighted by Gasteiger charge is 2.71. The fraction of sp³-hybridized carbons (Fsp3) is 1.00. The molecule has 0 aromatic heterocycles. The Hall–Kier alpha value is -0.740. The maximum Gasteiger partial charge on any atom is 0.426 e. The third kappa shape index (κ3) is 6.95. The van der Waals surface area contributed by atoms with Crippen LogP contribution in [0.1, 0.15) is 40.0 Å². The van der Waals surface area contributed by atoms with E-state index in [1.165, 1.54) is 6.92 Å². The molecule has 0 aromatic carbocycles. The zero-order valence-corrected chi connectivity index (χ0v) is 16.1. The monoisotopic (exact) mass is 438 g/mol. The molecular weight excluding hydrogens is 410 g/mol. The highest BCUT2D eigenvalue weighted by atomic mass is 19.4.